The van der Waals surface area contributed by atoms with Crippen LogP contribution in [-0.2, 0) is 11.8 Å². The largest absolute Gasteiger partial charge is 0.481 e. The van der Waals surface area contributed by atoms with Crippen molar-refractivity contribution in [1.82, 2.24) is 9.78 Å². The van der Waals surface area contributed by atoms with E-state index in [4.69, 9.17) is 15.2 Å². The topological polar surface area (TPSA) is 91.4 Å². The number of amides is 1. The number of aromatic nitrogens is 2. The van der Waals surface area contributed by atoms with Crippen molar-refractivity contribution in [2.24, 2.45) is 7.05 Å². The zero-order valence-corrected chi connectivity index (χ0v) is 10.2. The number of benzene rings is 1. The minimum absolute atomic E-state index is 0.00471. The van der Waals surface area contributed by atoms with Gasteiger partial charge in [0.2, 0.25) is 0 Å². The van der Waals surface area contributed by atoms with E-state index in [1.807, 2.05) is 0 Å². The molecule has 0 atom stereocenters. The highest BCUT2D eigenvalue weighted by atomic mass is 16.5. The van der Waals surface area contributed by atoms with Crippen molar-refractivity contribution in [2.75, 3.05) is 17.7 Å². The van der Waals surface area contributed by atoms with Gasteiger partial charge in [-0.05, 0) is 0 Å². The van der Waals surface area contributed by atoms with Crippen molar-refractivity contribution >= 4 is 17.3 Å². The molecule has 2 heterocycles. The van der Waals surface area contributed by atoms with Gasteiger partial charge >= 0.3 is 0 Å². The summed E-state index contributed by atoms with van der Waals surface area (Å²) < 4.78 is 12.5. The summed E-state index contributed by atoms with van der Waals surface area (Å²) in [6, 6.07) is 3.26. The maximum absolute atomic E-state index is 11.3. The highest BCUT2D eigenvalue weighted by molar-refractivity contribution is 5.96. The normalized spacial score (nSPS) is 13.4. The summed E-state index contributed by atoms with van der Waals surface area (Å²) in [5.74, 6) is 1.34. The van der Waals surface area contributed by atoms with Crippen molar-refractivity contribution in [3.05, 3.63) is 24.5 Å². The van der Waals surface area contributed by atoms with Crippen molar-refractivity contribution in [3.8, 4) is 17.2 Å². The highest BCUT2D eigenvalue weighted by Gasteiger charge is 2.18. The Hall–Kier alpha value is -2.70. The van der Waals surface area contributed by atoms with Crippen LogP contribution in [0.5, 0.6) is 17.2 Å². The first-order valence-corrected chi connectivity index (χ1v) is 5.64. The van der Waals surface area contributed by atoms with Crippen LogP contribution in [0.15, 0.2) is 24.5 Å². The predicted molar refractivity (Wildman–Crippen MR) is 68.3 cm³/mol. The number of carbonyl (C=O) groups is 1. The van der Waals surface area contributed by atoms with Crippen LogP contribution in [0, 0.1) is 0 Å². The first kappa shape index (κ1) is 11.4. The third-order valence-electron chi connectivity index (χ3n) is 2.65. The quantitative estimate of drug-likeness (QED) is 0.790. The molecule has 1 aromatic heterocycles. The van der Waals surface area contributed by atoms with E-state index in [9.17, 15) is 4.79 Å². The second-order valence-corrected chi connectivity index (χ2v) is 4.17. The third kappa shape index (κ3) is 2.17. The molecule has 7 nitrogen and oxygen atoms in total. The standard InChI is InChI=1S/C12H12N4O3/c1-16-5-7(4-14-16)19-10-3-9-11(2-8(10)13)18-6-12(17)15-9/h2-5H,6,13H2,1H3,(H,15,17). The van der Waals surface area contributed by atoms with Gasteiger partial charge in [0.25, 0.3) is 5.91 Å². The Labute approximate surface area is 108 Å². The lowest BCUT2D eigenvalue weighted by atomic mass is 10.2. The lowest BCUT2D eigenvalue weighted by molar-refractivity contribution is -0.118. The van der Waals surface area contributed by atoms with Gasteiger partial charge in [0.15, 0.2) is 18.1 Å². The van der Waals surface area contributed by atoms with Crippen molar-refractivity contribution in [2.45, 2.75) is 0 Å². The van der Waals surface area contributed by atoms with Crippen LogP contribution in [0.4, 0.5) is 11.4 Å². The molecule has 1 amide bonds. The maximum atomic E-state index is 11.3. The van der Waals surface area contributed by atoms with Crippen molar-refractivity contribution in [1.29, 1.82) is 0 Å². The highest BCUT2D eigenvalue weighted by Crippen LogP contribution is 2.38. The molecule has 98 valence electrons. The molecule has 1 aliphatic rings. The molecule has 1 aromatic carbocycles. The SMILES string of the molecule is Cn1cc(Oc2cc3c(cc2N)OCC(=O)N3)cn1. The van der Waals surface area contributed by atoms with E-state index >= 15 is 0 Å². The number of hydrogen-bond donors (Lipinski definition) is 2. The molecule has 0 saturated heterocycles. The fraction of sp³-hybridized carbons (Fsp3) is 0.167. The van der Waals surface area contributed by atoms with Crippen LogP contribution in [-0.4, -0.2) is 22.3 Å². The summed E-state index contributed by atoms with van der Waals surface area (Å²) in [7, 11) is 1.79. The minimum Gasteiger partial charge on any atom is -0.481 e. The Bertz CT molecular complexity index is 650. The van der Waals surface area contributed by atoms with Crippen molar-refractivity contribution < 1.29 is 14.3 Å². The average Bonchev–Trinajstić information content (AvgIpc) is 2.76. The van der Waals surface area contributed by atoms with Gasteiger partial charge in [-0.1, -0.05) is 0 Å². The number of hydrogen-bond acceptors (Lipinski definition) is 5. The molecular weight excluding hydrogens is 248 g/mol. The molecular formula is C12H12N4O3. The molecule has 0 unspecified atom stereocenters. The van der Waals surface area contributed by atoms with E-state index in [1.54, 1.807) is 36.3 Å². The number of nitrogens with one attached hydrogen (secondary N) is 1. The van der Waals surface area contributed by atoms with Crippen LogP contribution in [0.1, 0.15) is 0 Å². The molecule has 0 fully saturated rings. The summed E-state index contributed by atoms with van der Waals surface area (Å²) in [6.07, 6.45) is 3.29. The zero-order chi connectivity index (χ0) is 13.4. The molecule has 0 spiro atoms. The maximum Gasteiger partial charge on any atom is 0.262 e. The number of aryl methyl sites for hydroxylation is 1. The minimum atomic E-state index is -0.204. The van der Waals surface area contributed by atoms with Gasteiger partial charge in [0.05, 0.1) is 23.8 Å². The molecule has 7 heteroatoms. The number of nitrogens with zero attached hydrogens (tertiary/aromatic N) is 2. The molecule has 19 heavy (non-hydrogen) atoms. The second kappa shape index (κ2) is 4.20. The Morgan fingerprint density at radius 2 is 2.37 bits per heavy atom. The summed E-state index contributed by atoms with van der Waals surface area (Å²) in [5.41, 5.74) is 6.86. The van der Waals surface area contributed by atoms with E-state index in [2.05, 4.69) is 10.4 Å². The molecule has 0 saturated carbocycles. The van der Waals surface area contributed by atoms with E-state index in [-0.39, 0.29) is 12.5 Å². The van der Waals surface area contributed by atoms with Crippen LogP contribution in [0.3, 0.4) is 0 Å². The molecule has 0 aliphatic carbocycles. The Balaban J connectivity index is 1.93. The van der Waals surface area contributed by atoms with E-state index in [0.29, 0.717) is 28.6 Å². The van der Waals surface area contributed by atoms with Gasteiger partial charge in [-0.15, -0.1) is 0 Å². The van der Waals surface area contributed by atoms with E-state index < -0.39 is 0 Å². The number of anilines is 2. The Morgan fingerprint density at radius 1 is 1.53 bits per heavy atom. The fourth-order valence-corrected chi connectivity index (χ4v) is 1.79. The molecule has 2 aromatic rings. The Morgan fingerprint density at radius 3 is 3.11 bits per heavy atom. The van der Waals surface area contributed by atoms with Gasteiger partial charge in [0.1, 0.15) is 5.75 Å². The van der Waals surface area contributed by atoms with Gasteiger partial charge in [-0.2, -0.15) is 5.10 Å². The number of rotatable bonds is 2. The number of fused-ring (bicyclic) bond motifs is 1. The summed E-state index contributed by atoms with van der Waals surface area (Å²) in [4.78, 5) is 11.3. The lowest BCUT2D eigenvalue weighted by Gasteiger charge is -2.19. The van der Waals surface area contributed by atoms with Gasteiger partial charge in [0, 0.05) is 19.2 Å². The first-order chi connectivity index (χ1) is 9.11. The predicted octanol–water partition coefficient (Wildman–Crippen LogP) is 1.13. The summed E-state index contributed by atoms with van der Waals surface area (Å²) in [5, 5.41) is 6.70. The molecule has 0 bridgehead atoms. The van der Waals surface area contributed by atoms with Crippen LogP contribution < -0.4 is 20.5 Å². The molecule has 1 aliphatic heterocycles. The number of nitrogen functional groups attached to an aromatic ring is 1. The van der Waals surface area contributed by atoms with Gasteiger partial charge in [-0.3, -0.25) is 9.48 Å². The first-order valence-electron chi connectivity index (χ1n) is 5.64. The van der Waals surface area contributed by atoms with Crippen LogP contribution in [0.25, 0.3) is 0 Å². The fourth-order valence-electron chi connectivity index (χ4n) is 1.79. The monoisotopic (exact) mass is 260 g/mol. The lowest BCUT2D eigenvalue weighted by Crippen LogP contribution is -2.25. The van der Waals surface area contributed by atoms with Crippen LogP contribution >= 0.6 is 0 Å². The smallest absolute Gasteiger partial charge is 0.262 e. The van der Waals surface area contributed by atoms with Gasteiger partial charge < -0.3 is 20.5 Å². The van der Waals surface area contributed by atoms with E-state index in [0.717, 1.165) is 0 Å². The van der Waals surface area contributed by atoms with Gasteiger partial charge in [-0.25, -0.2) is 0 Å². The average molecular weight is 260 g/mol. The number of carbonyl (C=O) groups excluding carboxylic acids is 1. The van der Waals surface area contributed by atoms with Crippen molar-refractivity contribution in [3.63, 3.8) is 0 Å². The summed E-state index contributed by atoms with van der Waals surface area (Å²) in [6.45, 7) is -0.00471. The number of ether oxygens (including phenoxy) is 2. The zero-order valence-electron chi connectivity index (χ0n) is 10.2. The molecule has 3 rings (SSSR count). The second-order valence-electron chi connectivity index (χ2n) is 4.17. The molecule has 0 radical (unpaired) electrons. The van der Waals surface area contributed by atoms with E-state index in [1.165, 1.54) is 0 Å². The molecule has 3 N–H and O–H groups in total. The number of nitrogens with two attached hydrogens (primary N) is 1. The Kier molecular flexibility index (Phi) is 2.52. The third-order valence-corrected chi connectivity index (χ3v) is 2.65. The summed E-state index contributed by atoms with van der Waals surface area (Å²) >= 11 is 0. The van der Waals surface area contributed by atoms with Crippen LogP contribution in [0.2, 0.25) is 0 Å².